The van der Waals surface area contributed by atoms with Gasteiger partial charge in [-0.15, -0.1) is 6.42 Å². The summed E-state index contributed by atoms with van der Waals surface area (Å²) in [7, 11) is 0. The lowest BCUT2D eigenvalue weighted by molar-refractivity contribution is -0.141. The van der Waals surface area contributed by atoms with E-state index in [1.807, 2.05) is 6.07 Å². The second-order valence-electron chi connectivity index (χ2n) is 4.74. The van der Waals surface area contributed by atoms with Crippen molar-refractivity contribution in [2.75, 3.05) is 6.61 Å². The van der Waals surface area contributed by atoms with Gasteiger partial charge in [-0.3, -0.25) is 9.59 Å². The molecule has 2 amide bonds. The lowest BCUT2D eigenvalue weighted by atomic mass is 10.1. The van der Waals surface area contributed by atoms with Crippen LogP contribution >= 0.6 is 0 Å². The number of ether oxygens (including phenoxy) is 1. The Balaban J connectivity index is 2.78. The summed E-state index contributed by atoms with van der Waals surface area (Å²) in [5, 5.41) is 13.5. The number of hydrogen-bond donors (Lipinski definition) is 3. The smallest absolute Gasteiger partial charge is 0.408 e. The zero-order chi connectivity index (χ0) is 17.2. The SMILES string of the molecule is C#CCOC(=O)N[C@H](Cc1ccccc1)C(=O)N[C@@H](C)C(=O)O. The molecule has 0 aliphatic rings. The third kappa shape index (κ3) is 6.52. The molecular weight excluding hydrogens is 300 g/mol. The van der Waals surface area contributed by atoms with E-state index < -0.39 is 30.1 Å². The van der Waals surface area contributed by atoms with Crippen LogP contribution in [0.5, 0.6) is 0 Å². The van der Waals surface area contributed by atoms with Gasteiger partial charge in [0, 0.05) is 6.42 Å². The summed E-state index contributed by atoms with van der Waals surface area (Å²) < 4.78 is 4.68. The first-order valence-corrected chi connectivity index (χ1v) is 6.88. The highest BCUT2D eigenvalue weighted by Gasteiger charge is 2.25. The van der Waals surface area contributed by atoms with Gasteiger partial charge >= 0.3 is 12.1 Å². The third-order valence-corrected chi connectivity index (χ3v) is 2.91. The number of rotatable bonds is 7. The molecule has 0 aromatic heterocycles. The van der Waals surface area contributed by atoms with E-state index in [-0.39, 0.29) is 13.0 Å². The molecule has 0 heterocycles. The summed E-state index contributed by atoms with van der Waals surface area (Å²) in [6.07, 6.45) is 4.33. The molecular formula is C16H18N2O5. The number of carbonyl (C=O) groups excluding carboxylic acids is 2. The number of terminal acetylenes is 1. The maximum absolute atomic E-state index is 12.2. The minimum atomic E-state index is -1.17. The Bertz CT molecular complexity index is 594. The zero-order valence-corrected chi connectivity index (χ0v) is 12.6. The van der Waals surface area contributed by atoms with Crippen LogP contribution in [0.15, 0.2) is 30.3 Å². The van der Waals surface area contributed by atoms with Crippen molar-refractivity contribution >= 4 is 18.0 Å². The molecule has 1 rings (SSSR count). The van der Waals surface area contributed by atoms with Crippen molar-refractivity contribution < 1.29 is 24.2 Å². The minimum Gasteiger partial charge on any atom is -0.480 e. The largest absolute Gasteiger partial charge is 0.480 e. The summed E-state index contributed by atoms with van der Waals surface area (Å²) in [5.74, 6) is 0.339. The van der Waals surface area contributed by atoms with Gasteiger partial charge in [0.2, 0.25) is 5.91 Å². The van der Waals surface area contributed by atoms with Crippen LogP contribution < -0.4 is 10.6 Å². The van der Waals surface area contributed by atoms with Gasteiger partial charge in [-0.05, 0) is 12.5 Å². The van der Waals surface area contributed by atoms with Crippen LogP contribution in [0.2, 0.25) is 0 Å². The number of hydrogen-bond acceptors (Lipinski definition) is 4. The molecule has 2 atom stereocenters. The topological polar surface area (TPSA) is 105 Å². The zero-order valence-electron chi connectivity index (χ0n) is 12.6. The molecule has 0 saturated heterocycles. The fourth-order valence-corrected chi connectivity index (χ4v) is 1.73. The predicted octanol–water partition coefficient (Wildman–Crippen LogP) is 0.546. The number of aliphatic carboxylic acids is 1. The quantitative estimate of drug-likeness (QED) is 0.637. The van der Waals surface area contributed by atoms with Gasteiger partial charge in [-0.25, -0.2) is 4.79 Å². The molecule has 0 aliphatic carbocycles. The van der Waals surface area contributed by atoms with Gasteiger partial charge in [-0.1, -0.05) is 36.3 Å². The minimum absolute atomic E-state index is 0.185. The van der Waals surface area contributed by atoms with E-state index in [1.165, 1.54) is 6.92 Å². The van der Waals surface area contributed by atoms with Crippen LogP contribution in [0.25, 0.3) is 0 Å². The predicted molar refractivity (Wildman–Crippen MR) is 82.5 cm³/mol. The highest BCUT2D eigenvalue weighted by atomic mass is 16.5. The summed E-state index contributed by atoms with van der Waals surface area (Å²) in [6.45, 7) is 1.10. The Morgan fingerprint density at radius 1 is 1.26 bits per heavy atom. The number of alkyl carbamates (subject to hydrolysis) is 1. The molecule has 7 heteroatoms. The standard InChI is InChI=1S/C16H18N2O5/c1-3-9-23-16(22)18-13(10-12-7-5-4-6-8-12)14(19)17-11(2)15(20)21/h1,4-8,11,13H,9-10H2,2H3,(H,17,19)(H,18,22)(H,20,21)/t11-,13+/m0/s1. The van der Waals surface area contributed by atoms with Crippen LogP contribution in [0.4, 0.5) is 4.79 Å². The molecule has 0 radical (unpaired) electrons. The van der Waals surface area contributed by atoms with Crippen LogP contribution in [-0.4, -0.2) is 41.8 Å². The summed E-state index contributed by atoms with van der Waals surface area (Å²) >= 11 is 0. The Morgan fingerprint density at radius 3 is 2.48 bits per heavy atom. The van der Waals surface area contributed by atoms with Crippen LogP contribution in [0.1, 0.15) is 12.5 Å². The van der Waals surface area contributed by atoms with Crippen molar-refractivity contribution in [2.24, 2.45) is 0 Å². The van der Waals surface area contributed by atoms with E-state index in [4.69, 9.17) is 11.5 Å². The summed E-state index contributed by atoms with van der Waals surface area (Å²) in [5.41, 5.74) is 0.799. The Labute approximate surface area is 134 Å². The van der Waals surface area contributed by atoms with Gasteiger partial charge in [0.25, 0.3) is 0 Å². The van der Waals surface area contributed by atoms with E-state index in [1.54, 1.807) is 24.3 Å². The van der Waals surface area contributed by atoms with Gasteiger partial charge < -0.3 is 20.5 Å². The normalized spacial score (nSPS) is 12.3. The number of carboxylic acid groups (broad SMARTS) is 1. The Kier molecular flexibility index (Phi) is 7.14. The summed E-state index contributed by atoms with van der Waals surface area (Å²) in [6, 6.07) is 6.92. The molecule has 0 aliphatic heterocycles. The lowest BCUT2D eigenvalue weighted by Crippen LogP contribution is -2.51. The molecule has 3 N–H and O–H groups in total. The van der Waals surface area contributed by atoms with Gasteiger partial charge in [-0.2, -0.15) is 0 Å². The first-order chi connectivity index (χ1) is 10.9. The lowest BCUT2D eigenvalue weighted by Gasteiger charge is -2.19. The van der Waals surface area contributed by atoms with E-state index in [2.05, 4.69) is 21.3 Å². The van der Waals surface area contributed by atoms with E-state index in [0.29, 0.717) is 0 Å². The maximum Gasteiger partial charge on any atom is 0.408 e. The average molecular weight is 318 g/mol. The number of amides is 2. The van der Waals surface area contributed by atoms with E-state index in [9.17, 15) is 14.4 Å². The van der Waals surface area contributed by atoms with Crippen molar-refractivity contribution in [3.05, 3.63) is 35.9 Å². The number of benzene rings is 1. The van der Waals surface area contributed by atoms with Gasteiger partial charge in [0.05, 0.1) is 0 Å². The second-order valence-corrected chi connectivity index (χ2v) is 4.74. The Morgan fingerprint density at radius 2 is 1.91 bits per heavy atom. The molecule has 0 saturated carbocycles. The van der Waals surface area contributed by atoms with Crippen LogP contribution in [-0.2, 0) is 20.7 Å². The van der Waals surface area contributed by atoms with E-state index in [0.717, 1.165) is 5.56 Å². The molecule has 0 unspecified atom stereocenters. The molecule has 1 aromatic carbocycles. The maximum atomic E-state index is 12.2. The first-order valence-electron chi connectivity index (χ1n) is 6.88. The van der Waals surface area contributed by atoms with Crippen molar-refractivity contribution in [2.45, 2.75) is 25.4 Å². The van der Waals surface area contributed by atoms with Crippen molar-refractivity contribution in [3.63, 3.8) is 0 Å². The van der Waals surface area contributed by atoms with Crippen molar-refractivity contribution in [1.82, 2.24) is 10.6 Å². The molecule has 0 spiro atoms. The monoisotopic (exact) mass is 318 g/mol. The van der Waals surface area contributed by atoms with Crippen molar-refractivity contribution in [3.8, 4) is 12.3 Å². The molecule has 7 nitrogen and oxygen atoms in total. The highest BCUT2D eigenvalue weighted by Crippen LogP contribution is 2.04. The van der Waals surface area contributed by atoms with Crippen molar-refractivity contribution in [1.29, 1.82) is 0 Å². The fraction of sp³-hybridized carbons (Fsp3) is 0.312. The van der Waals surface area contributed by atoms with Crippen LogP contribution in [0.3, 0.4) is 0 Å². The Hall–Kier alpha value is -3.01. The average Bonchev–Trinajstić information content (AvgIpc) is 2.53. The second kappa shape index (κ2) is 9.10. The van der Waals surface area contributed by atoms with Gasteiger partial charge in [0.1, 0.15) is 12.1 Å². The third-order valence-electron chi connectivity index (χ3n) is 2.91. The first kappa shape index (κ1) is 18.0. The molecule has 0 bridgehead atoms. The summed E-state index contributed by atoms with van der Waals surface area (Å²) in [4.78, 5) is 34.6. The molecule has 23 heavy (non-hydrogen) atoms. The molecule has 122 valence electrons. The highest BCUT2D eigenvalue weighted by molar-refractivity contribution is 5.89. The number of carboxylic acids is 1. The van der Waals surface area contributed by atoms with Gasteiger partial charge in [0.15, 0.2) is 6.61 Å². The fourth-order valence-electron chi connectivity index (χ4n) is 1.73. The van der Waals surface area contributed by atoms with E-state index >= 15 is 0 Å². The number of carbonyl (C=O) groups is 3. The molecule has 0 fully saturated rings. The molecule has 1 aromatic rings. The number of nitrogens with one attached hydrogen (secondary N) is 2. The van der Waals surface area contributed by atoms with Crippen LogP contribution in [0, 0.1) is 12.3 Å².